The van der Waals surface area contributed by atoms with Gasteiger partial charge in [-0.15, -0.1) is 0 Å². The van der Waals surface area contributed by atoms with E-state index in [9.17, 15) is 5.11 Å². The summed E-state index contributed by atoms with van der Waals surface area (Å²) >= 11 is 0. The van der Waals surface area contributed by atoms with Gasteiger partial charge in [-0.05, 0) is 37.0 Å². The highest BCUT2D eigenvalue weighted by Crippen LogP contribution is 2.57. The van der Waals surface area contributed by atoms with Crippen LogP contribution in [0.15, 0.2) is 0 Å². The van der Waals surface area contributed by atoms with Crippen molar-refractivity contribution in [2.24, 2.45) is 11.3 Å². The van der Waals surface area contributed by atoms with Gasteiger partial charge in [0.1, 0.15) is 0 Å². The van der Waals surface area contributed by atoms with E-state index in [2.05, 4.69) is 6.92 Å². The molecule has 0 radical (unpaired) electrons. The number of aliphatic hydroxyl groups excluding tert-OH is 1. The van der Waals surface area contributed by atoms with Gasteiger partial charge in [0.15, 0.2) is 0 Å². The Hall–Kier alpha value is -0.0400. The third-order valence-electron chi connectivity index (χ3n) is 3.39. The SMILES string of the molecule is C[C@H]1CCCC2(CC2)[C@@H]1O. The number of hydrogen-bond donors (Lipinski definition) is 1. The number of aliphatic hydroxyl groups is 1. The van der Waals surface area contributed by atoms with Crippen molar-refractivity contribution in [3.8, 4) is 0 Å². The molecule has 1 nitrogen and oxygen atoms in total. The molecule has 58 valence electrons. The van der Waals surface area contributed by atoms with E-state index in [1.165, 1.54) is 32.1 Å². The summed E-state index contributed by atoms with van der Waals surface area (Å²) in [4.78, 5) is 0. The first-order valence-corrected chi connectivity index (χ1v) is 4.43. The predicted molar refractivity (Wildman–Crippen MR) is 40.7 cm³/mol. The Bertz CT molecular complexity index is 138. The van der Waals surface area contributed by atoms with Crippen molar-refractivity contribution in [1.82, 2.24) is 0 Å². The zero-order valence-electron chi connectivity index (χ0n) is 6.64. The van der Waals surface area contributed by atoms with E-state index in [0.717, 1.165) is 0 Å². The van der Waals surface area contributed by atoms with E-state index in [1.807, 2.05) is 0 Å². The van der Waals surface area contributed by atoms with E-state index in [1.54, 1.807) is 0 Å². The fraction of sp³-hybridized carbons (Fsp3) is 1.00. The van der Waals surface area contributed by atoms with Crippen LogP contribution in [-0.2, 0) is 0 Å². The molecular formula is C9H16O. The minimum absolute atomic E-state index is 0.0289. The molecule has 2 aliphatic carbocycles. The molecule has 1 spiro atoms. The van der Waals surface area contributed by atoms with E-state index < -0.39 is 0 Å². The lowest BCUT2D eigenvalue weighted by atomic mass is 9.77. The van der Waals surface area contributed by atoms with Crippen molar-refractivity contribution >= 4 is 0 Å². The molecule has 1 N–H and O–H groups in total. The Labute approximate surface area is 62.4 Å². The zero-order chi connectivity index (χ0) is 7.19. The highest BCUT2D eigenvalue weighted by molar-refractivity contribution is 5.02. The summed E-state index contributed by atoms with van der Waals surface area (Å²) in [5.41, 5.74) is 0.414. The van der Waals surface area contributed by atoms with Crippen LogP contribution in [0.5, 0.6) is 0 Å². The third-order valence-corrected chi connectivity index (χ3v) is 3.39. The number of hydrogen-bond acceptors (Lipinski definition) is 1. The standard InChI is InChI=1S/C9H16O/c1-7-3-2-4-9(5-6-9)8(7)10/h7-8,10H,2-6H2,1H3/t7-,8+/m0/s1. The summed E-state index contributed by atoms with van der Waals surface area (Å²) < 4.78 is 0. The van der Waals surface area contributed by atoms with E-state index in [-0.39, 0.29) is 6.10 Å². The second-order valence-corrected chi connectivity index (χ2v) is 4.18. The predicted octanol–water partition coefficient (Wildman–Crippen LogP) is 1.95. The quantitative estimate of drug-likeness (QED) is 0.545. The molecule has 0 aromatic heterocycles. The van der Waals surface area contributed by atoms with Gasteiger partial charge in [-0.1, -0.05) is 13.3 Å². The molecule has 0 bridgehead atoms. The smallest absolute Gasteiger partial charge is 0.0621 e. The summed E-state index contributed by atoms with van der Waals surface area (Å²) in [6, 6.07) is 0. The lowest BCUT2D eigenvalue weighted by Gasteiger charge is -2.32. The Morgan fingerprint density at radius 3 is 2.50 bits per heavy atom. The molecule has 2 saturated carbocycles. The minimum Gasteiger partial charge on any atom is -0.392 e. The van der Waals surface area contributed by atoms with Crippen LogP contribution in [0.3, 0.4) is 0 Å². The summed E-state index contributed by atoms with van der Waals surface area (Å²) in [5.74, 6) is 0.566. The normalized spacial score (nSPS) is 43.8. The Balaban J connectivity index is 2.07. The molecule has 2 aliphatic rings. The summed E-state index contributed by atoms with van der Waals surface area (Å²) in [6.07, 6.45) is 6.48. The Kier molecular flexibility index (Phi) is 1.31. The van der Waals surface area contributed by atoms with Gasteiger partial charge < -0.3 is 5.11 Å². The molecule has 2 rings (SSSR count). The van der Waals surface area contributed by atoms with Crippen LogP contribution in [0.4, 0.5) is 0 Å². The molecule has 2 fully saturated rings. The summed E-state index contributed by atoms with van der Waals surface area (Å²) in [6.45, 7) is 2.18. The van der Waals surface area contributed by atoms with Crippen LogP contribution in [0.2, 0.25) is 0 Å². The Morgan fingerprint density at radius 1 is 1.30 bits per heavy atom. The van der Waals surface area contributed by atoms with Crippen molar-refractivity contribution in [2.45, 2.75) is 45.1 Å². The molecule has 2 atom stereocenters. The van der Waals surface area contributed by atoms with Crippen LogP contribution in [0.1, 0.15) is 39.0 Å². The minimum atomic E-state index is 0.0289. The highest BCUT2D eigenvalue weighted by atomic mass is 16.3. The number of rotatable bonds is 0. The Morgan fingerprint density at radius 2 is 2.00 bits per heavy atom. The van der Waals surface area contributed by atoms with E-state index in [4.69, 9.17) is 0 Å². The van der Waals surface area contributed by atoms with Gasteiger partial charge in [-0.25, -0.2) is 0 Å². The van der Waals surface area contributed by atoms with Gasteiger partial charge in [0, 0.05) is 0 Å². The average Bonchev–Trinajstić information content (AvgIpc) is 2.65. The molecule has 0 aromatic rings. The lowest BCUT2D eigenvalue weighted by Crippen LogP contribution is -2.32. The van der Waals surface area contributed by atoms with Gasteiger partial charge >= 0.3 is 0 Å². The van der Waals surface area contributed by atoms with Gasteiger partial charge in [0.05, 0.1) is 6.10 Å². The van der Waals surface area contributed by atoms with Gasteiger partial charge in [0.2, 0.25) is 0 Å². The largest absolute Gasteiger partial charge is 0.392 e. The van der Waals surface area contributed by atoms with Gasteiger partial charge in [-0.3, -0.25) is 0 Å². The van der Waals surface area contributed by atoms with Crippen LogP contribution < -0.4 is 0 Å². The van der Waals surface area contributed by atoms with Crippen LogP contribution in [-0.4, -0.2) is 11.2 Å². The highest BCUT2D eigenvalue weighted by Gasteiger charge is 2.51. The fourth-order valence-electron chi connectivity index (χ4n) is 2.39. The maximum atomic E-state index is 9.77. The van der Waals surface area contributed by atoms with Gasteiger partial charge in [0.25, 0.3) is 0 Å². The van der Waals surface area contributed by atoms with E-state index >= 15 is 0 Å². The molecule has 0 aromatic carbocycles. The first kappa shape index (κ1) is 6.66. The molecule has 0 unspecified atom stereocenters. The molecule has 1 heteroatoms. The van der Waals surface area contributed by atoms with Crippen LogP contribution in [0.25, 0.3) is 0 Å². The van der Waals surface area contributed by atoms with Crippen molar-refractivity contribution in [1.29, 1.82) is 0 Å². The molecular weight excluding hydrogens is 124 g/mol. The topological polar surface area (TPSA) is 20.2 Å². The van der Waals surface area contributed by atoms with Crippen LogP contribution >= 0.6 is 0 Å². The van der Waals surface area contributed by atoms with E-state index in [0.29, 0.717) is 11.3 Å². The maximum absolute atomic E-state index is 9.77. The monoisotopic (exact) mass is 140 g/mol. The molecule has 0 aliphatic heterocycles. The van der Waals surface area contributed by atoms with Crippen molar-refractivity contribution in [3.05, 3.63) is 0 Å². The summed E-state index contributed by atoms with van der Waals surface area (Å²) in [5, 5.41) is 9.77. The van der Waals surface area contributed by atoms with Crippen LogP contribution in [0, 0.1) is 11.3 Å². The first-order valence-electron chi connectivity index (χ1n) is 4.43. The fourth-order valence-corrected chi connectivity index (χ4v) is 2.39. The lowest BCUT2D eigenvalue weighted by molar-refractivity contribution is 0.0109. The molecule has 0 amide bonds. The van der Waals surface area contributed by atoms with Gasteiger partial charge in [-0.2, -0.15) is 0 Å². The average molecular weight is 140 g/mol. The second kappa shape index (κ2) is 1.97. The van der Waals surface area contributed by atoms with Crippen molar-refractivity contribution in [3.63, 3.8) is 0 Å². The summed E-state index contributed by atoms with van der Waals surface area (Å²) in [7, 11) is 0. The molecule has 0 heterocycles. The maximum Gasteiger partial charge on any atom is 0.0621 e. The zero-order valence-corrected chi connectivity index (χ0v) is 6.64. The second-order valence-electron chi connectivity index (χ2n) is 4.18. The van der Waals surface area contributed by atoms with Crippen molar-refractivity contribution < 1.29 is 5.11 Å². The third kappa shape index (κ3) is 0.800. The molecule has 0 saturated heterocycles. The van der Waals surface area contributed by atoms with Crippen molar-refractivity contribution in [2.75, 3.05) is 0 Å². The molecule has 10 heavy (non-hydrogen) atoms. The first-order chi connectivity index (χ1) is 4.75.